The normalized spacial score (nSPS) is 17.8. The second-order valence-corrected chi connectivity index (χ2v) is 5.89. The molecule has 1 saturated heterocycles. The summed E-state index contributed by atoms with van der Waals surface area (Å²) in [6.07, 6.45) is 10.9. The van der Waals surface area contributed by atoms with Crippen molar-refractivity contribution in [1.29, 1.82) is 0 Å². The first-order chi connectivity index (χ1) is 11.8. The van der Waals surface area contributed by atoms with E-state index in [2.05, 4.69) is 15.2 Å². The van der Waals surface area contributed by atoms with E-state index in [0.29, 0.717) is 17.9 Å². The van der Waals surface area contributed by atoms with Gasteiger partial charge in [0.25, 0.3) is 5.91 Å². The SMILES string of the molecule is O=C(c1ccc(-n2cccn2)nc1)N1CCC[C@@H](n2cccn2)C1. The zero-order valence-electron chi connectivity index (χ0n) is 13.2. The summed E-state index contributed by atoms with van der Waals surface area (Å²) in [5, 5.41) is 8.44. The molecule has 7 heteroatoms. The molecule has 7 nitrogen and oxygen atoms in total. The molecule has 0 radical (unpaired) electrons. The number of likely N-dealkylation sites (tertiary alicyclic amines) is 1. The standard InChI is InChI=1S/C17H18N6O/c24-17(14-5-6-16(18-12-14)23-11-3-8-20-23)21-9-1-4-15(13-21)22-10-2-7-19-22/h2-3,5-8,10-12,15H,1,4,9,13H2/t15-/m1/s1. The molecule has 0 N–H and O–H groups in total. The molecule has 1 aliphatic heterocycles. The van der Waals surface area contributed by atoms with Crippen LogP contribution in [0.2, 0.25) is 0 Å². The molecule has 24 heavy (non-hydrogen) atoms. The number of rotatable bonds is 3. The smallest absolute Gasteiger partial charge is 0.255 e. The van der Waals surface area contributed by atoms with Crippen molar-refractivity contribution in [2.24, 2.45) is 0 Å². The molecule has 1 amide bonds. The Morgan fingerprint density at radius 1 is 1.12 bits per heavy atom. The Kier molecular flexibility index (Phi) is 3.82. The minimum absolute atomic E-state index is 0.0198. The molecule has 0 spiro atoms. The molecule has 4 rings (SSSR count). The molecule has 0 unspecified atom stereocenters. The second-order valence-electron chi connectivity index (χ2n) is 5.89. The zero-order valence-corrected chi connectivity index (χ0v) is 13.2. The summed E-state index contributed by atoms with van der Waals surface area (Å²) in [5.41, 5.74) is 0.604. The average Bonchev–Trinajstić information content (AvgIpc) is 3.35. The first-order valence-electron chi connectivity index (χ1n) is 8.06. The van der Waals surface area contributed by atoms with Crippen LogP contribution in [-0.2, 0) is 0 Å². The van der Waals surface area contributed by atoms with E-state index < -0.39 is 0 Å². The maximum atomic E-state index is 12.7. The number of carbonyl (C=O) groups excluding carboxylic acids is 1. The highest BCUT2D eigenvalue weighted by Crippen LogP contribution is 2.22. The lowest BCUT2D eigenvalue weighted by molar-refractivity contribution is 0.0672. The van der Waals surface area contributed by atoms with Gasteiger partial charge in [-0.15, -0.1) is 0 Å². The van der Waals surface area contributed by atoms with Crippen molar-refractivity contribution in [2.45, 2.75) is 18.9 Å². The van der Waals surface area contributed by atoms with Crippen LogP contribution in [0, 0.1) is 0 Å². The highest BCUT2D eigenvalue weighted by molar-refractivity contribution is 5.94. The predicted molar refractivity (Wildman–Crippen MR) is 87.8 cm³/mol. The van der Waals surface area contributed by atoms with Crippen molar-refractivity contribution in [3.63, 3.8) is 0 Å². The molecule has 0 saturated carbocycles. The van der Waals surface area contributed by atoms with Gasteiger partial charge in [-0.3, -0.25) is 9.48 Å². The maximum absolute atomic E-state index is 12.7. The largest absolute Gasteiger partial charge is 0.336 e. The lowest BCUT2D eigenvalue weighted by Gasteiger charge is -2.32. The molecule has 0 aromatic carbocycles. The Bertz CT molecular complexity index is 794. The summed E-state index contributed by atoms with van der Waals surface area (Å²) >= 11 is 0. The monoisotopic (exact) mass is 322 g/mol. The summed E-state index contributed by atoms with van der Waals surface area (Å²) in [5.74, 6) is 0.719. The summed E-state index contributed by atoms with van der Waals surface area (Å²) < 4.78 is 3.61. The molecule has 0 bridgehead atoms. The number of amides is 1. The van der Waals surface area contributed by atoms with Gasteiger partial charge in [0, 0.05) is 44.1 Å². The van der Waals surface area contributed by atoms with E-state index in [-0.39, 0.29) is 11.9 Å². The van der Waals surface area contributed by atoms with E-state index >= 15 is 0 Å². The van der Waals surface area contributed by atoms with Crippen molar-refractivity contribution >= 4 is 5.91 Å². The summed E-state index contributed by atoms with van der Waals surface area (Å²) in [6.45, 7) is 1.46. The second kappa shape index (κ2) is 6.27. The van der Waals surface area contributed by atoms with E-state index in [4.69, 9.17) is 0 Å². The molecule has 3 aromatic heterocycles. The van der Waals surface area contributed by atoms with Crippen molar-refractivity contribution in [3.8, 4) is 5.82 Å². The molecule has 3 aromatic rings. The predicted octanol–water partition coefficient (Wildman–Crippen LogP) is 1.94. The van der Waals surface area contributed by atoms with Crippen molar-refractivity contribution in [2.75, 3.05) is 13.1 Å². The first kappa shape index (κ1) is 14.6. The van der Waals surface area contributed by atoms with E-state index in [1.54, 1.807) is 23.3 Å². The van der Waals surface area contributed by atoms with Crippen molar-refractivity contribution in [3.05, 3.63) is 60.8 Å². The number of carbonyl (C=O) groups is 1. The molecule has 0 aliphatic carbocycles. The van der Waals surface area contributed by atoms with Crippen LogP contribution >= 0.6 is 0 Å². The number of hydrogen-bond acceptors (Lipinski definition) is 4. The molecule has 122 valence electrons. The topological polar surface area (TPSA) is 68.8 Å². The van der Waals surface area contributed by atoms with Crippen LogP contribution in [0.3, 0.4) is 0 Å². The zero-order chi connectivity index (χ0) is 16.4. The minimum Gasteiger partial charge on any atom is -0.336 e. The number of piperidine rings is 1. The van der Waals surface area contributed by atoms with E-state index in [1.807, 2.05) is 46.2 Å². The van der Waals surface area contributed by atoms with Gasteiger partial charge in [0.2, 0.25) is 0 Å². The third-order valence-corrected chi connectivity index (χ3v) is 4.32. The fourth-order valence-corrected chi connectivity index (χ4v) is 3.09. The van der Waals surface area contributed by atoms with E-state index in [1.165, 1.54) is 0 Å². The van der Waals surface area contributed by atoms with Crippen LogP contribution in [0.1, 0.15) is 29.2 Å². The third-order valence-electron chi connectivity index (χ3n) is 4.32. The van der Waals surface area contributed by atoms with Crippen LogP contribution in [-0.4, -0.2) is 48.4 Å². The maximum Gasteiger partial charge on any atom is 0.255 e. The van der Waals surface area contributed by atoms with Gasteiger partial charge >= 0.3 is 0 Å². The van der Waals surface area contributed by atoms with E-state index in [9.17, 15) is 4.79 Å². The summed E-state index contributed by atoms with van der Waals surface area (Å²) in [4.78, 5) is 19.0. The number of hydrogen-bond donors (Lipinski definition) is 0. The highest BCUT2D eigenvalue weighted by atomic mass is 16.2. The minimum atomic E-state index is 0.0198. The van der Waals surface area contributed by atoms with Gasteiger partial charge in [-0.2, -0.15) is 10.2 Å². The average molecular weight is 322 g/mol. The van der Waals surface area contributed by atoms with Gasteiger partial charge in [-0.25, -0.2) is 9.67 Å². The molecule has 1 aliphatic rings. The van der Waals surface area contributed by atoms with Gasteiger partial charge in [0.15, 0.2) is 5.82 Å². The number of pyridine rings is 1. The summed E-state index contributed by atoms with van der Waals surface area (Å²) in [7, 11) is 0. The molecular weight excluding hydrogens is 304 g/mol. The van der Waals surface area contributed by atoms with Crippen LogP contribution in [0.4, 0.5) is 0 Å². The Balaban J connectivity index is 1.49. The van der Waals surface area contributed by atoms with E-state index in [0.717, 1.165) is 19.4 Å². The van der Waals surface area contributed by atoms with Gasteiger partial charge in [0.1, 0.15) is 0 Å². The summed E-state index contributed by atoms with van der Waals surface area (Å²) in [6, 6.07) is 7.62. The van der Waals surface area contributed by atoms with Gasteiger partial charge in [0.05, 0.1) is 11.6 Å². The van der Waals surface area contributed by atoms with Gasteiger partial charge < -0.3 is 4.90 Å². The van der Waals surface area contributed by atoms with Gasteiger partial charge in [-0.1, -0.05) is 0 Å². The lowest BCUT2D eigenvalue weighted by atomic mass is 10.0. The third kappa shape index (κ3) is 2.80. The fraction of sp³-hybridized carbons (Fsp3) is 0.294. The van der Waals surface area contributed by atoms with Crippen molar-refractivity contribution < 1.29 is 4.79 Å². The molecule has 1 fully saturated rings. The Hall–Kier alpha value is -2.96. The quantitative estimate of drug-likeness (QED) is 0.739. The fourth-order valence-electron chi connectivity index (χ4n) is 3.09. The molecule has 4 heterocycles. The highest BCUT2D eigenvalue weighted by Gasteiger charge is 2.25. The van der Waals surface area contributed by atoms with Crippen LogP contribution in [0.15, 0.2) is 55.2 Å². The molecular formula is C17H18N6O. The molecule has 1 atom stereocenters. The first-order valence-corrected chi connectivity index (χ1v) is 8.06. The Morgan fingerprint density at radius 3 is 2.71 bits per heavy atom. The van der Waals surface area contributed by atoms with Crippen LogP contribution in [0.5, 0.6) is 0 Å². The van der Waals surface area contributed by atoms with Gasteiger partial charge in [-0.05, 0) is 37.1 Å². The lowest BCUT2D eigenvalue weighted by Crippen LogP contribution is -2.40. The number of nitrogens with zero attached hydrogens (tertiary/aromatic N) is 6. The van der Waals surface area contributed by atoms with Crippen LogP contribution in [0.25, 0.3) is 5.82 Å². The Labute approximate surface area is 139 Å². The van der Waals surface area contributed by atoms with Crippen LogP contribution < -0.4 is 0 Å². The number of aromatic nitrogens is 5. The van der Waals surface area contributed by atoms with Crippen molar-refractivity contribution in [1.82, 2.24) is 29.4 Å². The Morgan fingerprint density at radius 2 is 2.00 bits per heavy atom.